The molecule has 1 amide bonds. The SMILES string of the molecule is COc1cc(-c2ccc3c(c2)Nc2ccc(CCOc4ccc(N5CCOCC5)cc4)cc2NC3=O)ccc1OCc1ncco1. The Morgan fingerprint density at radius 1 is 0.826 bits per heavy atom. The van der Waals surface area contributed by atoms with Crippen molar-refractivity contribution in [3.8, 4) is 28.4 Å². The number of morpholine rings is 1. The molecule has 4 aromatic carbocycles. The second-order valence-corrected chi connectivity index (χ2v) is 11.0. The maximum atomic E-state index is 13.2. The van der Waals surface area contributed by atoms with Crippen LogP contribution in [0.4, 0.5) is 22.7 Å². The molecule has 1 fully saturated rings. The molecule has 1 saturated heterocycles. The lowest BCUT2D eigenvalue weighted by molar-refractivity contribution is 0.102. The fourth-order valence-electron chi connectivity index (χ4n) is 5.61. The number of anilines is 4. The molecular formula is C36H34N4O6. The van der Waals surface area contributed by atoms with E-state index in [4.69, 9.17) is 23.4 Å². The molecule has 3 heterocycles. The number of ether oxygens (including phenoxy) is 4. The third kappa shape index (κ3) is 6.47. The average Bonchev–Trinajstić information content (AvgIpc) is 3.58. The van der Waals surface area contributed by atoms with Gasteiger partial charge in [-0.05, 0) is 77.4 Å². The highest BCUT2D eigenvalue weighted by atomic mass is 16.5. The maximum absolute atomic E-state index is 13.2. The number of amides is 1. The van der Waals surface area contributed by atoms with Gasteiger partial charge in [-0.3, -0.25) is 4.79 Å². The molecule has 0 atom stereocenters. The van der Waals surface area contributed by atoms with E-state index in [0.717, 1.165) is 60.1 Å². The third-order valence-electron chi connectivity index (χ3n) is 8.07. The van der Waals surface area contributed by atoms with Gasteiger partial charge in [-0.2, -0.15) is 0 Å². The summed E-state index contributed by atoms with van der Waals surface area (Å²) in [6, 6.07) is 25.7. The van der Waals surface area contributed by atoms with E-state index in [1.165, 1.54) is 12.0 Å². The summed E-state index contributed by atoms with van der Waals surface area (Å²) >= 11 is 0. The topological polar surface area (TPSA) is 107 Å². The van der Waals surface area contributed by atoms with E-state index < -0.39 is 0 Å². The Bertz CT molecular complexity index is 1820. The maximum Gasteiger partial charge on any atom is 0.257 e. The molecule has 0 radical (unpaired) electrons. The quantitative estimate of drug-likeness (QED) is 0.177. The number of oxazole rings is 1. The van der Waals surface area contributed by atoms with Gasteiger partial charge in [-0.15, -0.1) is 0 Å². The van der Waals surface area contributed by atoms with Crippen molar-refractivity contribution in [1.29, 1.82) is 0 Å². The number of fused-ring (bicyclic) bond motifs is 2. The first-order valence-electron chi connectivity index (χ1n) is 15.2. The zero-order valence-corrected chi connectivity index (χ0v) is 25.5. The molecule has 10 heteroatoms. The summed E-state index contributed by atoms with van der Waals surface area (Å²) in [4.78, 5) is 19.6. The molecule has 0 bridgehead atoms. The average molecular weight is 619 g/mol. The van der Waals surface area contributed by atoms with Crippen molar-refractivity contribution in [3.05, 3.63) is 108 Å². The van der Waals surface area contributed by atoms with Gasteiger partial charge in [0, 0.05) is 25.2 Å². The van der Waals surface area contributed by atoms with Gasteiger partial charge in [-0.25, -0.2) is 4.98 Å². The van der Waals surface area contributed by atoms with Crippen LogP contribution in [0.1, 0.15) is 21.8 Å². The van der Waals surface area contributed by atoms with Gasteiger partial charge in [0.25, 0.3) is 5.91 Å². The fraction of sp³-hybridized carbons (Fsp3) is 0.222. The number of hydrogen-bond acceptors (Lipinski definition) is 9. The molecule has 5 aromatic rings. The van der Waals surface area contributed by atoms with Gasteiger partial charge in [0.1, 0.15) is 12.0 Å². The fourth-order valence-corrected chi connectivity index (χ4v) is 5.61. The predicted octanol–water partition coefficient (Wildman–Crippen LogP) is 6.70. The minimum Gasteiger partial charge on any atom is -0.493 e. The molecule has 2 N–H and O–H groups in total. The van der Waals surface area contributed by atoms with Gasteiger partial charge in [0.05, 0.1) is 55.8 Å². The monoisotopic (exact) mass is 618 g/mol. The van der Waals surface area contributed by atoms with E-state index >= 15 is 0 Å². The van der Waals surface area contributed by atoms with Crippen molar-refractivity contribution in [2.24, 2.45) is 0 Å². The summed E-state index contributed by atoms with van der Waals surface area (Å²) in [7, 11) is 1.60. The minimum absolute atomic E-state index is 0.172. The number of carbonyl (C=O) groups is 1. The Morgan fingerprint density at radius 3 is 2.46 bits per heavy atom. The first-order chi connectivity index (χ1) is 22.6. The highest BCUT2D eigenvalue weighted by Crippen LogP contribution is 2.38. The lowest BCUT2D eigenvalue weighted by Gasteiger charge is -2.28. The van der Waals surface area contributed by atoms with Crippen LogP contribution in [0, 0.1) is 0 Å². The van der Waals surface area contributed by atoms with Gasteiger partial charge in [0.15, 0.2) is 18.1 Å². The number of benzene rings is 4. The normalized spacial score (nSPS) is 13.9. The largest absolute Gasteiger partial charge is 0.493 e. The number of carbonyl (C=O) groups excluding carboxylic acids is 1. The Kier molecular flexibility index (Phi) is 8.42. The van der Waals surface area contributed by atoms with Crippen LogP contribution < -0.4 is 29.7 Å². The van der Waals surface area contributed by atoms with Crippen LogP contribution in [-0.2, 0) is 17.8 Å². The predicted molar refractivity (Wildman–Crippen MR) is 176 cm³/mol. The van der Waals surface area contributed by atoms with Crippen molar-refractivity contribution in [2.45, 2.75) is 13.0 Å². The van der Waals surface area contributed by atoms with Gasteiger partial charge in [-0.1, -0.05) is 18.2 Å². The number of rotatable bonds is 10. The van der Waals surface area contributed by atoms with Crippen molar-refractivity contribution < 1.29 is 28.2 Å². The summed E-state index contributed by atoms with van der Waals surface area (Å²) in [5, 5.41) is 6.53. The van der Waals surface area contributed by atoms with Crippen LogP contribution in [0.15, 0.2) is 95.7 Å². The van der Waals surface area contributed by atoms with Crippen LogP contribution in [0.2, 0.25) is 0 Å². The molecule has 2 aliphatic heterocycles. The lowest BCUT2D eigenvalue weighted by atomic mass is 10.0. The van der Waals surface area contributed by atoms with E-state index in [-0.39, 0.29) is 12.5 Å². The standard InChI is InChI=1S/C36H34N4O6/c1-42-34-22-26(4-11-33(34)46-23-35-37-13-17-45-35)25-3-9-29-31(21-25)38-30-10-2-24(20-32(30)39-36(29)41)12-16-44-28-7-5-27(6-8-28)40-14-18-43-19-15-40/h2-11,13,17,20-22,38H,12,14-16,18-19,23H2,1H3,(H,39,41). The summed E-state index contributed by atoms with van der Waals surface area (Å²) in [6.45, 7) is 4.04. The number of nitrogens with one attached hydrogen (secondary N) is 2. The van der Waals surface area contributed by atoms with Gasteiger partial charge < -0.3 is 38.9 Å². The summed E-state index contributed by atoms with van der Waals surface area (Å²) in [5.74, 6) is 2.30. The van der Waals surface area contributed by atoms with Crippen molar-refractivity contribution in [1.82, 2.24) is 4.98 Å². The summed E-state index contributed by atoms with van der Waals surface area (Å²) < 4.78 is 28.2. The minimum atomic E-state index is -0.172. The molecule has 46 heavy (non-hydrogen) atoms. The number of methoxy groups -OCH3 is 1. The molecule has 0 aliphatic carbocycles. The van der Waals surface area contributed by atoms with E-state index in [2.05, 4.69) is 38.7 Å². The Balaban J connectivity index is 1.01. The molecule has 2 aliphatic rings. The molecule has 0 saturated carbocycles. The molecule has 234 valence electrons. The van der Waals surface area contributed by atoms with E-state index in [9.17, 15) is 4.79 Å². The first-order valence-corrected chi connectivity index (χ1v) is 15.2. The molecule has 7 rings (SSSR count). The van der Waals surface area contributed by atoms with Crippen LogP contribution in [0.25, 0.3) is 11.1 Å². The van der Waals surface area contributed by atoms with E-state index in [0.29, 0.717) is 41.7 Å². The van der Waals surface area contributed by atoms with Crippen molar-refractivity contribution >= 4 is 28.7 Å². The second-order valence-electron chi connectivity index (χ2n) is 11.0. The van der Waals surface area contributed by atoms with Crippen LogP contribution in [-0.4, -0.2) is 50.9 Å². The Labute approximate surface area is 266 Å². The molecule has 0 spiro atoms. The third-order valence-corrected chi connectivity index (χ3v) is 8.07. The number of hydrogen-bond donors (Lipinski definition) is 2. The first kappa shape index (κ1) is 29.2. The highest BCUT2D eigenvalue weighted by molar-refractivity contribution is 6.12. The van der Waals surface area contributed by atoms with Crippen LogP contribution in [0.3, 0.4) is 0 Å². The lowest BCUT2D eigenvalue weighted by Crippen LogP contribution is -2.36. The molecule has 10 nitrogen and oxygen atoms in total. The zero-order chi connectivity index (χ0) is 31.3. The van der Waals surface area contributed by atoms with Crippen molar-refractivity contribution in [3.63, 3.8) is 0 Å². The number of aromatic nitrogens is 1. The highest BCUT2D eigenvalue weighted by Gasteiger charge is 2.20. The Hall–Kier alpha value is -5.48. The van der Waals surface area contributed by atoms with Gasteiger partial charge in [0.2, 0.25) is 5.89 Å². The zero-order valence-electron chi connectivity index (χ0n) is 25.5. The molecular weight excluding hydrogens is 584 g/mol. The van der Waals surface area contributed by atoms with Crippen molar-refractivity contribution in [2.75, 3.05) is 55.6 Å². The molecule has 1 aromatic heterocycles. The second kappa shape index (κ2) is 13.3. The van der Waals surface area contributed by atoms with Crippen LogP contribution >= 0.6 is 0 Å². The number of nitrogens with zero attached hydrogens (tertiary/aromatic N) is 2. The summed E-state index contributed by atoms with van der Waals surface area (Å²) in [5.41, 5.74) is 6.91. The summed E-state index contributed by atoms with van der Waals surface area (Å²) in [6.07, 6.45) is 3.78. The molecule has 0 unspecified atom stereocenters. The smallest absolute Gasteiger partial charge is 0.257 e. The van der Waals surface area contributed by atoms with Crippen LogP contribution in [0.5, 0.6) is 17.2 Å². The van der Waals surface area contributed by atoms with E-state index in [1.54, 1.807) is 13.3 Å². The van der Waals surface area contributed by atoms with Gasteiger partial charge >= 0.3 is 0 Å². The van der Waals surface area contributed by atoms with E-state index in [1.807, 2.05) is 60.7 Å². The Morgan fingerprint density at radius 2 is 1.65 bits per heavy atom.